The zero-order chi connectivity index (χ0) is 13.4. The molecule has 1 atom stereocenters. The molecule has 1 aliphatic carbocycles. The Morgan fingerprint density at radius 2 is 1.89 bits per heavy atom. The summed E-state index contributed by atoms with van der Waals surface area (Å²) >= 11 is 0. The summed E-state index contributed by atoms with van der Waals surface area (Å²) in [7, 11) is 1.94. The summed E-state index contributed by atoms with van der Waals surface area (Å²) in [6.45, 7) is 7.12. The van der Waals surface area contributed by atoms with E-state index in [9.17, 15) is 5.11 Å². The predicted octanol–water partition coefficient (Wildman–Crippen LogP) is 2.39. The molecule has 108 valence electrons. The molecule has 3 heteroatoms. The highest BCUT2D eigenvalue weighted by molar-refractivity contribution is 4.85. The molecule has 1 rings (SSSR count). The molecule has 0 aromatic rings. The topological polar surface area (TPSA) is 35.5 Å². The minimum atomic E-state index is -0.0895. The van der Waals surface area contributed by atoms with Gasteiger partial charge in [0.2, 0.25) is 0 Å². The molecule has 2 N–H and O–H groups in total. The maximum atomic E-state index is 9.34. The van der Waals surface area contributed by atoms with Crippen molar-refractivity contribution in [3.8, 4) is 0 Å². The minimum absolute atomic E-state index is 0.0895. The van der Waals surface area contributed by atoms with Crippen LogP contribution in [0.1, 0.15) is 58.8 Å². The van der Waals surface area contributed by atoms with Gasteiger partial charge in [0.05, 0.1) is 6.61 Å². The maximum absolute atomic E-state index is 9.34. The van der Waals surface area contributed by atoms with Crippen LogP contribution in [0.15, 0.2) is 0 Å². The Kier molecular flexibility index (Phi) is 7.20. The van der Waals surface area contributed by atoms with Gasteiger partial charge in [-0.2, -0.15) is 0 Å². The van der Waals surface area contributed by atoms with Crippen molar-refractivity contribution >= 4 is 0 Å². The fourth-order valence-corrected chi connectivity index (χ4v) is 2.39. The molecule has 0 radical (unpaired) electrons. The second-order valence-electron chi connectivity index (χ2n) is 6.05. The van der Waals surface area contributed by atoms with Crippen molar-refractivity contribution in [1.82, 2.24) is 10.2 Å². The van der Waals surface area contributed by atoms with Crippen LogP contribution in [0.2, 0.25) is 0 Å². The largest absolute Gasteiger partial charge is 0.394 e. The first-order valence-corrected chi connectivity index (χ1v) is 7.69. The lowest BCUT2D eigenvalue weighted by atomic mass is 9.96. The lowest BCUT2D eigenvalue weighted by molar-refractivity contribution is 0.167. The first kappa shape index (κ1) is 15.9. The normalized spacial score (nSPS) is 19.2. The second kappa shape index (κ2) is 8.13. The number of hydrogen-bond acceptors (Lipinski definition) is 3. The molecule has 0 bridgehead atoms. The van der Waals surface area contributed by atoms with E-state index in [1.165, 1.54) is 51.6 Å². The van der Waals surface area contributed by atoms with Crippen molar-refractivity contribution in [2.45, 2.75) is 70.4 Å². The fraction of sp³-hybridized carbons (Fsp3) is 1.00. The number of unbranched alkanes of at least 4 members (excludes halogenated alkanes) is 2. The van der Waals surface area contributed by atoms with Crippen molar-refractivity contribution < 1.29 is 5.11 Å². The first-order valence-electron chi connectivity index (χ1n) is 7.69. The monoisotopic (exact) mass is 256 g/mol. The summed E-state index contributed by atoms with van der Waals surface area (Å²) < 4.78 is 0. The van der Waals surface area contributed by atoms with Crippen molar-refractivity contribution in [3.63, 3.8) is 0 Å². The third-order valence-corrected chi connectivity index (χ3v) is 4.24. The summed E-state index contributed by atoms with van der Waals surface area (Å²) in [5.74, 6) is 0. The third-order valence-electron chi connectivity index (χ3n) is 4.24. The van der Waals surface area contributed by atoms with Gasteiger partial charge in [-0.05, 0) is 59.2 Å². The van der Waals surface area contributed by atoms with Crippen LogP contribution in [-0.2, 0) is 0 Å². The Morgan fingerprint density at radius 3 is 2.39 bits per heavy atom. The van der Waals surface area contributed by atoms with Crippen molar-refractivity contribution in [2.24, 2.45) is 0 Å². The van der Waals surface area contributed by atoms with E-state index in [1.807, 2.05) is 7.05 Å². The summed E-state index contributed by atoms with van der Waals surface area (Å²) in [5.41, 5.74) is -0.0895. The Morgan fingerprint density at radius 1 is 1.22 bits per heavy atom. The van der Waals surface area contributed by atoms with Gasteiger partial charge in [0.15, 0.2) is 0 Å². The molecule has 0 aromatic carbocycles. The average molecular weight is 256 g/mol. The van der Waals surface area contributed by atoms with E-state index in [2.05, 4.69) is 24.1 Å². The van der Waals surface area contributed by atoms with Crippen molar-refractivity contribution in [2.75, 3.05) is 26.7 Å². The van der Waals surface area contributed by atoms with Crippen LogP contribution in [0.4, 0.5) is 0 Å². The zero-order valence-electron chi connectivity index (χ0n) is 12.5. The van der Waals surface area contributed by atoms with Crippen LogP contribution >= 0.6 is 0 Å². The lowest BCUT2D eigenvalue weighted by Crippen LogP contribution is -2.43. The number of hydrogen-bond donors (Lipinski definition) is 2. The quantitative estimate of drug-likeness (QED) is 0.557. The van der Waals surface area contributed by atoms with Gasteiger partial charge >= 0.3 is 0 Å². The molecule has 3 nitrogen and oxygen atoms in total. The van der Waals surface area contributed by atoms with Crippen LogP contribution < -0.4 is 5.32 Å². The number of nitrogens with one attached hydrogen (secondary N) is 1. The van der Waals surface area contributed by atoms with Gasteiger partial charge in [0.1, 0.15) is 0 Å². The highest BCUT2D eigenvalue weighted by Crippen LogP contribution is 2.27. The van der Waals surface area contributed by atoms with E-state index in [4.69, 9.17) is 0 Å². The van der Waals surface area contributed by atoms with E-state index in [-0.39, 0.29) is 12.1 Å². The Hall–Kier alpha value is -0.120. The molecule has 0 aromatic heterocycles. The smallest absolute Gasteiger partial charge is 0.0610 e. The fourth-order valence-electron chi connectivity index (χ4n) is 2.39. The molecule has 1 aliphatic rings. The molecular formula is C15H32N2O. The molecule has 0 spiro atoms. The van der Waals surface area contributed by atoms with Crippen LogP contribution in [-0.4, -0.2) is 48.3 Å². The number of nitrogens with zero attached hydrogens (tertiary/aromatic N) is 1. The Labute approximate surface area is 113 Å². The van der Waals surface area contributed by atoms with E-state index >= 15 is 0 Å². The molecule has 18 heavy (non-hydrogen) atoms. The highest BCUT2D eigenvalue weighted by atomic mass is 16.3. The average Bonchev–Trinajstić information content (AvgIpc) is 3.22. The summed E-state index contributed by atoms with van der Waals surface area (Å²) in [5, 5.41) is 12.6. The number of rotatable bonds is 11. The van der Waals surface area contributed by atoms with Crippen LogP contribution in [0.5, 0.6) is 0 Å². The van der Waals surface area contributed by atoms with Crippen LogP contribution in [0.3, 0.4) is 0 Å². The molecular weight excluding hydrogens is 224 g/mol. The van der Waals surface area contributed by atoms with Crippen LogP contribution in [0, 0.1) is 0 Å². The Balaban J connectivity index is 2.14. The van der Waals surface area contributed by atoms with Gasteiger partial charge in [-0.25, -0.2) is 0 Å². The van der Waals surface area contributed by atoms with Gasteiger partial charge in [-0.15, -0.1) is 0 Å². The molecule has 0 saturated heterocycles. The summed E-state index contributed by atoms with van der Waals surface area (Å²) in [6.07, 6.45) is 8.98. The van der Waals surface area contributed by atoms with Crippen molar-refractivity contribution in [3.05, 3.63) is 0 Å². The molecule has 0 heterocycles. The van der Waals surface area contributed by atoms with Gasteiger partial charge in [-0.1, -0.05) is 19.8 Å². The zero-order valence-corrected chi connectivity index (χ0v) is 12.5. The van der Waals surface area contributed by atoms with Gasteiger partial charge in [0, 0.05) is 11.6 Å². The van der Waals surface area contributed by atoms with E-state index in [0.717, 1.165) is 12.5 Å². The first-order chi connectivity index (χ1) is 8.65. The molecule has 0 amide bonds. The SMILES string of the molecule is CCCCN(CCCCC(C)(CO)NC)C1CC1. The highest BCUT2D eigenvalue weighted by Gasteiger charge is 2.28. The molecule has 1 saturated carbocycles. The van der Waals surface area contributed by atoms with Gasteiger partial charge in [-0.3, -0.25) is 0 Å². The van der Waals surface area contributed by atoms with E-state index in [0.29, 0.717) is 0 Å². The molecule has 1 unspecified atom stereocenters. The van der Waals surface area contributed by atoms with E-state index < -0.39 is 0 Å². The summed E-state index contributed by atoms with van der Waals surface area (Å²) in [6, 6.07) is 0.894. The number of likely N-dealkylation sites (N-methyl/N-ethyl adjacent to an activating group) is 1. The van der Waals surface area contributed by atoms with Crippen molar-refractivity contribution in [1.29, 1.82) is 0 Å². The minimum Gasteiger partial charge on any atom is -0.394 e. The predicted molar refractivity (Wildman–Crippen MR) is 77.9 cm³/mol. The summed E-state index contributed by atoms with van der Waals surface area (Å²) in [4.78, 5) is 2.68. The van der Waals surface area contributed by atoms with E-state index in [1.54, 1.807) is 0 Å². The molecule has 0 aliphatic heterocycles. The number of aliphatic hydroxyl groups is 1. The van der Waals surface area contributed by atoms with Gasteiger partial charge < -0.3 is 15.3 Å². The number of aliphatic hydroxyl groups excluding tert-OH is 1. The second-order valence-corrected chi connectivity index (χ2v) is 6.05. The standard InChI is InChI=1S/C15H32N2O/c1-4-5-11-17(14-8-9-14)12-7-6-10-15(2,13-18)16-3/h14,16,18H,4-13H2,1-3H3. The maximum Gasteiger partial charge on any atom is 0.0610 e. The van der Waals surface area contributed by atoms with Gasteiger partial charge in [0.25, 0.3) is 0 Å². The van der Waals surface area contributed by atoms with Crippen LogP contribution in [0.25, 0.3) is 0 Å². The third kappa shape index (κ3) is 5.68. The Bertz CT molecular complexity index is 213. The lowest BCUT2D eigenvalue weighted by Gasteiger charge is -2.27. The molecule has 1 fully saturated rings.